The molecule has 0 saturated carbocycles. The van der Waals surface area contributed by atoms with Crippen LogP contribution < -0.4 is 10.0 Å². The highest BCUT2D eigenvalue weighted by Gasteiger charge is 2.09. The Balaban J connectivity index is 1.68. The first-order valence-corrected chi connectivity index (χ1v) is 6.87. The SMILES string of the molecule is O=C(NCc1ccc(-n2ccnc2)c(F)c1)c1cc[n+]([O-])cc1. The van der Waals surface area contributed by atoms with Crippen molar-refractivity contribution < 1.29 is 13.9 Å². The van der Waals surface area contributed by atoms with Crippen molar-refractivity contribution in [3.8, 4) is 5.69 Å². The molecule has 6 nitrogen and oxygen atoms in total. The Morgan fingerprint density at radius 1 is 1.30 bits per heavy atom. The lowest BCUT2D eigenvalue weighted by Crippen LogP contribution is -2.27. The van der Waals surface area contributed by atoms with Gasteiger partial charge in [-0.05, 0) is 17.7 Å². The van der Waals surface area contributed by atoms with E-state index in [0.717, 1.165) is 0 Å². The maximum Gasteiger partial charge on any atom is 0.252 e. The molecule has 23 heavy (non-hydrogen) atoms. The van der Waals surface area contributed by atoms with Crippen LogP contribution in [0.15, 0.2) is 61.4 Å². The zero-order valence-corrected chi connectivity index (χ0v) is 12.0. The number of hydrogen-bond acceptors (Lipinski definition) is 3. The Bertz CT molecular complexity index is 817. The fourth-order valence-corrected chi connectivity index (χ4v) is 2.12. The number of carbonyl (C=O) groups excluding carboxylic acids is 1. The third kappa shape index (κ3) is 3.34. The molecular formula is C16H13FN4O2. The summed E-state index contributed by atoms with van der Waals surface area (Å²) in [6, 6.07) is 7.57. The molecule has 1 N–H and O–H groups in total. The van der Waals surface area contributed by atoms with Gasteiger partial charge in [0.25, 0.3) is 5.91 Å². The standard InChI is InChI=1S/C16H13FN4O2/c17-14-9-12(1-2-15(14)20-8-5-18-11-20)10-19-16(22)13-3-6-21(23)7-4-13/h1-9,11H,10H2,(H,19,22). The van der Waals surface area contributed by atoms with E-state index in [1.165, 1.54) is 36.9 Å². The van der Waals surface area contributed by atoms with Crippen LogP contribution in [0, 0.1) is 11.0 Å². The molecule has 0 unspecified atom stereocenters. The Morgan fingerprint density at radius 2 is 2.09 bits per heavy atom. The van der Waals surface area contributed by atoms with Crippen LogP contribution in [0.4, 0.5) is 4.39 Å². The number of aromatic nitrogens is 3. The van der Waals surface area contributed by atoms with Crippen LogP contribution in [0.3, 0.4) is 0 Å². The second-order valence-electron chi connectivity index (χ2n) is 4.89. The van der Waals surface area contributed by atoms with Gasteiger partial charge in [-0.3, -0.25) is 4.79 Å². The van der Waals surface area contributed by atoms with Gasteiger partial charge < -0.3 is 15.1 Å². The number of amides is 1. The smallest absolute Gasteiger partial charge is 0.252 e. The van der Waals surface area contributed by atoms with Crippen molar-refractivity contribution in [2.75, 3.05) is 0 Å². The highest BCUT2D eigenvalue weighted by molar-refractivity contribution is 5.93. The topological polar surface area (TPSA) is 73.9 Å². The molecule has 0 saturated heterocycles. The van der Waals surface area contributed by atoms with E-state index in [-0.39, 0.29) is 12.5 Å². The molecule has 0 atom stereocenters. The highest BCUT2D eigenvalue weighted by Crippen LogP contribution is 2.15. The molecule has 0 fully saturated rings. The average Bonchev–Trinajstić information content (AvgIpc) is 3.07. The molecule has 0 aliphatic rings. The Kier molecular flexibility index (Phi) is 4.01. The summed E-state index contributed by atoms with van der Waals surface area (Å²) < 4.78 is 16.3. The van der Waals surface area contributed by atoms with E-state index in [1.807, 2.05) is 0 Å². The van der Waals surface area contributed by atoms with Crippen LogP contribution in [0.5, 0.6) is 0 Å². The molecule has 0 aliphatic heterocycles. The Labute approximate surface area is 131 Å². The van der Waals surface area contributed by atoms with Gasteiger partial charge in [0, 0.05) is 31.1 Å². The van der Waals surface area contributed by atoms with Gasteiger partial charge in [-0.2, -0.15) is 4.73 Å². The Hall–Kier alpha value is -3.22. The van der Waals surface area contributed by atoms with Crippen LogP contribution >= 0.6 is 0 Å². The number of nitrogens with one attached hydrogen (secondary N) is 1. The third-order valence-electron chi connectivity index (χ3n) is 3.31. The molecule has 0 bridgehead atoms. The first kappa shape index (κ1) is 14.7. The molecule has 3 aromatic rings. The predicted octanol–water partition coefficient (Wildman–Crippen LogP) is 1.57. The summed E-state index contributed by atoms with van der Waals surface area (Å²) >= 11 is 0. The van der Waals surface area contributed by atoms with E-state index in [0.29, 0.717) is 21.5 Å². The molecule has 7 heteroatoms. The second kappa shape index (κ2) is 6.27. The van der Waals surface area contributed by atoms with E-state index in [1.54, 1.807) is 29.1 Å². The monoisotopic (exact) mass is 312 g/mol. The van der Waals surface area contributed by atoms with Crippen molar-refractivity contribution in [3.05, 3.63) is 83.6 Å². The van der Waals surface area contributed by atoms with Crippen molar-refractivity contribution in [1.82, 2.24) is 14.9 Å². The zero-order chi connectivity index (χ0) is 16.2. The van der Waals surface area contributed by atoms with Gasteiger partial charge in [-0.25, -0.2) is 9.37 Å². The van der Waals surface area contributed by atoms with E-state index in [4.69, 9.17) is 0 Å². The van der Waals surface area contributed by atoms with Gasteiger partial charge in [-0.15, -0.1) is 0 Å². The van der Waals surface area contributed by atoms with Crippen LogP contribution in [-0.4, -0.2) is 15.5 Å². The lowest BCUT2D eigenvalue weighted by atomic mass is 10.2. The van der Waals surface area contributed by atoms with Gasteiger partial charge in [0.05, 0.1) is 17.6 Å². The molecule has 2 heterocycles. The normalized spacial score (nSPS) is 10.5. The number of benzene rings is 1. The molecule has 3 rings (SSSR count). The maximum absolute atomic E-state index is 14.1. The van der Waals surface area contributed by atoms with Crippen molar-refractivity contribution in [3.63, 3.8) is 0 Å². The lowest BCUT2D eigenvalue weighted by Gasteiger charge is -2.08. The number of carbonyl (C=O) groups is 1. The van der Waals surface area contributed by atoms with Gasteiger partial charge in [0.2, 0.25) is 0 Å². The summed E-state index contributed by atoms with van der Waals surface area (Å²) in [4.78, 5) is 15.8. The fourth-order valence-electron chi connectivity index (χ4n) is 2.12. The lowest BCUT2D eigenvalue weighted by molar-refractivity contribution is -0.605. The first-order valence-electron chi connectivity index (χ1n) is 6.87. The summed E-state index contributed by atoms with van der Waals surface area (Å²) in [6.07, 6.45) is 7.22. The van der Waals surface area contributed by atoms with Crippen molar-refractivity contribution in [2.24, 2.45) is 0 Å². The van der Waals surface area contributed by atoms with E-state index >= 15 is 0 Å². The maximum atomic E-state index is 14.1. The van der Waals surface area contributed by atoms with Gasteiger partial charge in [0.1, 0.15) is 5.82 Å². The average molecular weight is 312 g/mol. The summed E-state index contributed by atoms with van der Waals surface area (Å²) in [5.74, 6) is -0.730. The minimum Gasteiger partial charge on any atom is -0.619 e. The van der Waals surface area contributed by atoms with Crippen LogP contribution in [0.25, 0.3) is 5.69 Å². The summed E-state index contributed by atoms with van der Waals surface area (Å²) in [5, 5.41) is 13.6. The first-order chi connectivity index (χ1) is 11.1. The van der Waals surface area contributed by atoms with E-state index < -0.39 is 5.82 Å². The number of nitrogens with zero attached hydrogens (tertiary/aromatic N) is 3. The molecule has 2 aromatic heterocycles. The molecule has 1 aromatic carbocycles. The summed E-state index contributed by atoms with van der Waals surface area (Å²) in [6.45, 7) is 0.187. The third-order valence-corrected chi connectivity index (χ3v) is 3.31. The number of rotatable bonds is 4. The molecule has 0 radical (unpaired) electrons. The van der Waals surface area contributed by atoms with Crippen molar-refractivity contribution in [2.45, 2.75) is 6.54 Å². The van der Waals surface area contributed by atoms with Gasteiger partial charge in [0.15, 0.2) is 12.4 Å². The molecule has 1 amide bonds. The summed E-state index contributed by atoms with van der Waals surface area (Å²) in [5.41, 5.74) is 1.39. The number of imidazole rings is 1. The molecule has 0 spiro atoms. The second-order valence-corrected chi connectivity index (χ2v) is 4.89. The Morgan fingerprint density at radius 3 is 2.74 bits per heavy atom. The minimum atomic E-state index is -0.401. The number of halogens is 1. The quantitative estimate of drug-likeness (QED) is 0.587. The number of hydrogen-bond donors (Lipinski definition) is 1. The number of pyridine rings is 1. The van der Waals surface area contributed by atoms with Gasteiger partial charge >= 0.3 is 0 Å². The van der Waals surface area contributed by atoms with Gasteiger partial charge in [-0.1, -0.05) is 6.07 Å². The zero-order valence-electron chi connectivity index (χ0n) is 12.0. The predicted molar refractivity (Wildman–Crippen MR) is 80.1 cm³/mol. The molecular weight excluding hydrogens is 299 g/mol. The molecule has 0 aliphatic carbocycles. The van der Waals surface area contributed by atoms with Crippen molar-refractivity contribution >= 4 is 5.91 Å². The fraction of sp³-hybridized carbons (Fsp3) is 0.0625. The largest absolute Gasteiger partial charge is 0.619 e. The van der Waals surface area contributed by atoms with Crippen LogP contribution in [0.1, 0.15) is 15.9 Å². The molecule has 116 valence electrons. The minimum absolute atomic E-state index is 0.187. The van der Waals surface area contributed by atoms with E-state index in [9.17, 15) is 14.4 Å². The van der Waals surface area contributed by atoms with Crippen molar-refractivity contribution in [1.29, 1.82) is 0 Å². The van der Waals surface area contributed by atoms with Crippen LogP contribution in [0.2, 0.25) is 0 Å². The highest BCUT2D eigenvalue weighted by atomic mass is 19.1. The van der Waals surface area contributed by atoms with Crippen LogP contribution in [-0.2, 0) is 6.54 Å². The van der Waals surface area contributed by atoms with E-state index in [2.05, 4.69) is 10.3 Å². The summed E-state index contributed by atoms with van der Waals surface area (Å²) in [7, 11) is 0.